The third kappa shape index (κ3) is 2.84. The van der Waals surface area contributed by atoms with Gasteiger partial charge in [-0.2, -0.15) is 0 Å². The van der Waals surface area contributed by atoms with E-state index in [1.807, 2.05) is 0 Å². The Balaban J connectivity index is 3.02. The summed E-state index contributed by atoms with van der Waals surface area (Å²) in [6.07, 6.45) is 0. The molecule has 0 bridgehead atoms. The summed E-state index contributed by atoms with van der Waals surface area (Å²) in [7, 11) is 1.49. The predicted octanol–water partition coefficient (Wildman–Crippen LogP) is 2.33. The summed E-state index contributed by atoms with van der Waals surface area (Å²) in [4.78, 5) is 10.8. The van der Waals surface area contributed by atoms with Crippen LogP contribution in [0.1, 0.15) is 15.9 Å². The van der Waals surface area contributed by atoms with Crippen molar-refractivity contribution in [2.24, 2.45) is 0 Å². The van der Waals surface area contributed by atoms with Crippen molar-refractivity contribution in [2.45, 2.75) is 6.92 Å². The van der Waals surface area contributed by atoms with Crippen molar-refractivity contribution in [2.75, 3.05) is 13.9 Å². The number of rotatable bonds is 4. The first-order valence-corrected chi connectivity index (χ1v) is 4.59. The van der Waals surface area contributed by atoms with Crippen molar-refractivity contribution in [3.8, 4) is 5.75 Å². The van der Waals surface area contributed by atoms with E-state index in [1.54, 1.807) is 13.0 Å². The van der Waals surface area contributed by atoms with Crippen molar-refractivity contribution in [3.05, 3.63) is 28.3 Å². The van der Waals surface area contributed by atoms with Gasteiger partial charge in [0.2, 0.25) is 0 Å². The molecular formula is C10H11ClO4. The molecule has 0 fully saturated rings. The fourth-order valence-electron chi connectivity index (χ4n) is 1.12. The SMILES string of the molecule is COCOc1cc(C)c(C(=O)O)cc1Cl. The van der Waals surface area contributed by atoms with Crippen LogP contribution in [0.5, 0.6) is 5.75 Å². The number of carboxylic acid groups (broad SMARTS) is 1. The number of ether oxygens (including phenoxy) is 2. The van der Waals surface area contributed by atoms with Crippen LogP contribution in [0.2, 0.25) is 5.02 Å². The average molecular weight is 231 g/mol. The lowest BCUT2D eigenvalue weighted by atomic mass is 10.1. The van der Waals surface area contributed by atoms with Crippen molar-refractivity contribution in [1.29, 1.82) is 0 Å². The monoisotopic (exact) mass is 230 g/mol. The molecule has 0 amide bonds. The highest BCUT2D eigenvalue weighted by Gasteiger charge is 2.11. The van der Waals surface area contributed by atoms with E-state index >= 15 is 0 Å². The molecule has 0 radical (unpaired) electrons. The van der Waals surface area contributed by atoms with Crippen LogP contribution < -0.4 is 4.74 Å². The number of carbonyl (C=O) groups is 1. The number of benzene rings is 1. The van der Waals surface area contributed by atoms with Gasteiger partial charge in [0.15, 0.2) is 6.79 Å². The minimum absolute atomic E-state index is 0.0750. The highest BCUT2D eigenvalue weighted by Crippen LogP contribution is 2.28. The molecule has 0 saturated carbocycles. The van der Waals surface area contributed by atoms with Crippen LogP contribution in [0.25, 0.3) is 0 Å². The summed E-state index contributed by atoms with van der Waals surface area (Å²) < 4.78 is 9.88. The molecule has 82 valence electrons. The molecule has 0 atom stereocenters. The van der Waals surface area contributed by atoms with Crippen LogP contribution in [0.3, 0.4) is 0 Å². The molecule has 1 aromatic rings. The maximum Gasteiger partial charge on any atom is 0.336 e. The second kappa shape index (κ2) is 5.00. The van der Waals surface area contributed by atoms with E-state index < -0.39 is 5.97 Å². The fraction of sp³-hybridized carbons (Fsp3) is 0.300. The molecule has 0 unspecified atom stereocenters. The zero-order valence-electron chi connectivity index (χ0n) is 8.41. The molecule has 0 aliphatic carbocycles. The zero-order chi connectivity index (χ0) is 11.4. The quantitative estimate of drug-likeness (QED) is 0.807. The molecule has 5 heteroatoms. The molecule has 1 rings (SSSR count). The lowest BCUT2D eigenvalue weighted by molar-refractivity contribution is 0.0511. The Hall–Kier alpha value is -1.26. The molecule has 0 heterocycles. The topological polar surface area (TPSA) is 55.8 Å². The molecule has 1 N–H and O–H groups in total. The molecule has 0 aliphatic heterocycles. The number of halogens is 1. The van der Waals surface area contributed by atoms with Gasteiger partial charge in [-0.25, -0.2) is 4.79 Å². The first-order valence-electron chi connectivity index (χ1n) is 4.21. The normalized spacial score (nSPS) is 10.1. The molecule has 0 saturated heterocycles. The zero-order valence-corrected chi connectivity index (χ0v) is 9.17. The van der Waals surface area contributed by atoms with E-state index in [2.05, 4.69) is 0 Å². The van der Waals surface area contributed by atoms with Crippen LogP contribution in [0.15, 0.2) is 12.1 Å². The van der Waals surface area contributed by atoms with Crippen molar-refractivity contribution in [3.63, 3.8) is 0 Å². The van der Waals surface area contributed by atoms with Gasteiger partial charge in [-0.3, -0.25) is 0 Å². The molecule has 0 aliphatic rings. The Labute approximate surface area is 92.4 Å². The molecule has 15 heavy (non-hydrogen) atoms. The number of aryl methyl sites for hydroxylation is 1. The Morgan fingerprint density at radius 1 is 1.53 bits per heavy atom. The first-order chi connectivity index (χ1) is 7.06. The number of carboxylic acids is 1. The van der Waals surface area contributed by atoms with E-state index in [0.717, 1.165) is 0 Å². The largest absolute Gasteiger partial charge is 0.478 e. The van der Waals surface area contributed by atoms with Crippen LogP contribution >= 0.6 is 11.6 Å². The molecule has 1 aromatic carbocycles. The second-order valence-corrected chi connectivity index (χ2v) is 3.36. The van der Waals surface area contributed by atoms with Crippen LogP contribution in [-0.2, 0) is 4.74 Å². The van der Waals surface area contributed by atoms with Gasteiger partial charge in [-0.1, -0.05) is 11.6 Å². The van der Waals surface area contributed by atoms with Gasteiger partial charge < -0.3 is 14.6 Å². The van der Waals surface area contributed by atoms with E-state index in [4.69, 9.17) is 26.2 Å². The molecule has 0 aromatic heterocycles. The van der Waals surface area contributed by atoms with Crippen molar-refractivity contribution >= 4 is 17.6 Å². The number of hydrogen-bond acceptors (Lipinski definition) is 3. The number of hydrogen-bond donors (Lipinski definition) is 1. The van der Waals surface area contributed by atoms with Gasteiger partial charge in [-0.15, -0.1) is 0 Å². The van der Waals surface area contributed by atoms with Gasteiger partial charge in [0.1, 0.15) is 5.75 Å². The molecule has 0 spiro atoms. The predicted molar refractivity (Wildman–Crippen MR) is 55.7 cm³/mol. The molecule has 4 nitrogen and oxygen atoms in total. The highest BCUT2D eigenvalue weighted by molar-refractivity contribution is 6.32. The van der Waals surface area contributed by atoms with Crippen LogP contribution in [0, 0.1) is 6.92 Å². The number of methoxy groups -OCH3 is 1. The van der Waals surface area contributed by atoms with Gasteiger partial charge in [0, 0.05) is 7.11 Å². The summed E-state index contributed by atoms with van der Waals surface area (Å²) in [6.45, 7) is 1.75. The van der Waals surface area contributed by atoms with Gasteiger partial charge in [-0.05, 0) is 24.6 Å². The lowest BCUT2D eigenvalue weighted by Crippen LogP contribution is -2.03. The van der Waals surface area contributed by atoms with Gasteiger partial charge in [0.05, 0.1) is 10.6 Å². The Morgan fingerprint density at radius 2 is 2.20 bits per heavy atom. The summed E-state index contributed by atoms with van der Waals surface area (Å²) >= 11 is 5.84. The minimum Gasteiger partial charge on any atom is -0.478 e. The van der Waals surface area contributed by atoms with Gasteiger partial charge >= 0.3 is 5.97 Å². The lowest BCUT2D eigenvalue weighted by Gasteiger charge is -2.09. The minimum atomic E-state index is -1.01. The number of aromatic carboxylic acids is 1. The maximum atomic E-state index is 10.8. The molecular weight excluding hydrogens is 220 g/mol. The van der Waals surface area contributed by atoms with Crippen LogP contribution in [0.4, 0.5) is 0 Å². The highest BCUT2D eigenvalue weighted by atomic mass is 35.5. The first kappa shape index (κ1) is 11.8. The summed E-state index contributed by atoms with van der Waals surface area (Å²) in [5.41, 5.74) is 0.766. The second-order valence-electron chi connectivity index (χ2n) is 2.95. The Bertz CT molecular complexity index is 376. The van der Waals surface area contributed by atoms with Crippen molar-refractivity contribution in [1.82, 2.24) is 0 Å². The fourth-order valence-corrected chi connectivity index (χ4v) is 1.34. The summed E-state index contributed by atoms with van der Waals surface area (Å²) in [5.74, 6) is -0.589. The maximum absolute atomic E-state index is 10.8. The Kier molecular flexibility index (Phi) is 3.94. The smallest absolute Gasteiger partial charge is 0.336 e. The van der Waals surface area contributed by atoms with E-state index in [9.17, 15) is 4.79 Å². The average Bonchev–Trinajstić information content (AvgIpc) is 2.18. The standard InChI is InChI=1S/C10H11ClO4/c1-6-3-9(15-5-14-2)8(11)4-7(6)10(12)13/h3-4H,5H2,1-2H3,(H,12,13). The Morgan fingerprint density at radius 3 is 2.73 bits per heavy atom. The van der Waals surface area contributed by atoms with E-state index in [1.165, 1.54) is 13.2 Å². The van der Waals surface area contributed by atoms with Gasteiger partial charge in [0.25, 0.3) is 0 Å². The summed E-state index contributed by atoms with van der Waals surface area (Å²) in [5, 5.41) is 9.09. The van der Waals surface area contributed by atoms with E-state index in [-0.39, 0.29) is 17.4 Å². The third-order valence-electron chi connectivity index (χ3n) is 1.84. The van der Waals surface area contributed by atoms with Crippen molar-refractivity contribution < 1.29 is 19.4 Å². The van der Waals surface area contributed by atoms with Crippen LogP contribution in [-0.4, -0.2) is 25.0 Å². The summed E-state index contributed by atoms with van der Waals surface area (Å²) in [6, 6.07) is 2.94. The van der Waals surface area contributed by atoms with E-state index in [0.29, 0.717) is 11.3 Å². The third-order valence-corrected chi connectivity index (χ3v) is 2.14.